The van der Waals surface area contributed by atoms with Crippen molar-refractivity contribution in [2.45, 2.75) is 62.3 Å². The molecule has 0 bridgehead atoms. The fraction of sp³-hybridized carbons (Fsp3) is 0.478. The quantitative estimate of drug-likeness (QED) is 0.381. The summed E-state index contributed by atoms with van der Waals surface area (Å²) in [5.41, 5.74) is -4.21. The van der Waals surface area contributed by atoms with Crippen molar-refractivity contribution in [3.05, 3.63) is 71.8 Å². The highest BCUT2D eigenvalue weighted by Gasteiger charge is 2.88. The molecule has 6 nitrogen and oxygen atoms in total. The van der Waals surface area contributed by atoms with Gasteiger partial charge in [-0.3, -0.25) is 0 Å². The number of hydrogen-bond acceptors (Lipinski definition) is 6. The highest BCUT2D eigenvalue weighted by Crippen LogP contribution is 2.68. The molecule has 0 aliphatic heterocycles. The van der Waals surface area contributed by atoms with Crippen LogP contribution in [0.4, 0.5) is 0 Å². The molecule has 6 heteroatoms. The Morgan fingerprint density at radius 2 is 0.931 bits per heavy atom. The molecule has 2 aromatic rings. The van der Waals surface area contributed by atoms with Crippen molar-refractivity contribution in [3.63, 3.8) is 0 Å². The van der Waals surface area contributed by atoms with Crippen LogP contribution in [-0.2, 0) is 12.8 Å². The van der Waals surface area contributed by atoms with Gasteiger partial charge in [-0.25, -0.2) is 0 Å². The summed E-state index contributed by atoms with van der Waals surface area (Å²) in [5.74, 6) is 0. The lowest BCUT2D eigenvalue weighted by Gasteiger charge is -2.30. The maximum Gasteiger partial charge on any atom is 0.133 e. The second kappa shape index (κ2) is 7.80. The average molecular weight is 402 g/mol. The molecule has 6 atom stereocenters. The van der Waals surface area contributed by atoms with E-state index in [0.717, 1.165) is 11.1 Å². The molecule has 158 valence electrons. The summed E-state index contributed by atoms with van der Waals surface area (Å²) in [6, 6.07) is 18.0. The van der Waals surface area contributed by atoms with E-state index in [2.05, 4.69) is 0 Å². The van der Waals surface area contributed by atoms with Crippen molar-refractivity contribution in [1.29, 1.82) is 0 Å². The Labute approximate surface area is 170 Å². The van der Waals surface area contributed by atoms with Crippen LogP contribution >= 0.6 is 0 Å². The number of hydrogen-bond donors (Lipinski definition) is 6. The normalized spacial score (nSPS) is 29.7. The Balaban J connectivity index is 1.77. The van der Waals surface area contributed by atoms with Crippen molar-refractivity contribution in [3.8, 4) is 0 Å². The fourth-order valence-electron chi connectivity index (χ4n) is 4.58. The summed E-state index contributed by atoms with van der Waals surface area (Å²) < 4.78 is 0. The van der Waals surface area contributed by atoms with E-state index in [4.69, 9.17) is 0 Å². The first-order chi connectivity index (χ1) is 13.6. The zero-order valence-electron chi connectivity index (χ0n) is 16.7. The highest BCUT2D eigenvalue weighted by molar-refractivity contribution is 5.38. The molecule has 0 aromatic heterocycles. The molecule has 1 fully saturated rings. The van der Waals surface area contributed by atoms with Crippen LogP contribution in [0.3, 0.4) is 0 Å². The van der Waals surface area contributed by atoms with Crippen LogP contribution < -0.4 is 0 Å². The lowest BCUT2D eigenvalue weighted by molar-refractivity contribution is -0.152. The maximum atomic E-state index is 11.1. The number of benzene rings is 2. The Hall–Kier alpha value is -1.80. The zero-order chi connectivity index (χ0) is 21.4. The van der Waals surface area contributed by atoms with Crippen LogP contribution in [0.15, 0.2) is 60.7 Å². The fourth-order valence-corrected chi connectivity index (χ4v) is 4.58. The first-order valence-electron chi connectivity index (χ1n) is 9.82. The van der Waals surface area contributed by atoms with Gasteiger partial charge in [0.1, 0.15) is 23.4 Å². The van der Waals surface area contributed by atoms with E-state index >= 15 is 0 Å². The van der Waals surface area contributed by atoms with Gasteiger partial charge in [0.25, 0.3) is 0 Å². The van der Waals surface area contributed by atoms with Crippen LogP contribution in [0.1, 0.15) is 25.0 Å². The number of rotatable bonds is 8. The molecule has 0 heterocycles. The van der Waals surface area contributed by atoms with Gasteiger partial charge in [-0.15, -0.1) is 0 Å². The summed E-state index contributed by atoms with van der Waals surface area (Å²) in [6.45, 7) is 2.98. The van der Waals surface area contributed by atoms with E-state index in [1.165, 1.54) is 13.8 Å². The molecular weight excluding hydrogens is 372 g/mol. The number of aliphatic hydroxyl groups is 6. The van der Waals surface area contributed by atoms with E-state index in [9.17, 15) is 30.6 Å². The first kappa shape index (κ1) is 21.9. The summed E-state index contributed by atoms with van der Waals surface area (Å²) in [6.07, 6.45) is -6.04. The maximum absolute atomic E-state index is 11.1. The van der Waals surface area contributed by atoms with Crippen LogP contribution in [0.25, 0.3) is 0 Å². The summed E-state index contributed by atoms with van der Waals surface area (Å²) >= 11 is 0. The largest absolute Gasteiger partial charge is 0.390 e. The molecule has 0 radical (unpaired) electrons. The molecule has 6 N–H and O–H groups in total. The monoisotopic (exact) mass is 402 g/mol. The Morgan fingerprint density at radius 3 is 1.24 bits per heavy atom. The molecule has 0 spiro atoms. The van der Waals surface area contributed by atoms with E-state index in [0.29, 0.717) is 0 Å². The molecule has 3 rings (SSSR count). The predicted molar refractivity (Wildman–Crippen MR) is 108 cm³/mol. The molecule has 2 aromatic carbocycles. The van der Waals surface area contributed by atoms with Gasteiger partial charge < -0.3 is 30.6 Å². The summed E-state index contributed by atoms with van der Waals surface area (Å²) in [4.78, 5) is 0. The highest BCUT2D eigenvalue weighted by atomic mass is 16.4. The number of aliphatic hydroxyl groups excluding tert-OH is 4. The van der Waals surface area contributed by atoms with Gasteiger partial charge in [0.15, 0.2) is 0 Å². The second-order valence-corrected chi connectivity index (χ2v) is 8.56. The van der Waals surface area contributed by atoms with Crippen molar-refractivity contribution in [2.24, 2.45) is 5.41 Å². The minimum atomic E-state index is -2.19. The topological polar surface area (TPSA) is 121 Å². The molecule has 1 saturated carbocycles. The van der Waals surface area contributed by atoms with Gasteiger partial charge >= 0.3 is 0 Å². The summed E-state index contributed by atoms with van der Waals surface area (Å²) in [5, 5.41) is 64.7. The lowest BCUT2D eigenvalue weighted by atomic mass is 9.92. The Morgan fingerprint density at radius 1 is 0.621 bits per heavy atom. The molecule has 2 unspecified atom stereocenters. The van der Waals surface area contributed by atoms with Crippen LogP contribution in [0.2, 0.25) is 0 Å². The van der Waals surface area contributed by atoms with Crippen molar-refractivity contribution in [2.75, 3.05) is 0 Å². The molecular formula is C23H30O6. The van der Waals surface area contributed by atoms with Gasteiger partial charge in [0.2, 0.25) is 0 Å². The second-order valence-electron chi connectivity index (χ2n) is 8.56. The predicted octanol–water partition coefficient (Wildman–Crippen LogP) is 0.417. The molecule has 0 amide bonds. The van der Waals surface area contributed by atoms with Crippen LogP contribution in [0, 0.1) is 5.41 Å². The SMILES string of the molecule is CC1(C)[C@@](O)([C@H](O)C(O)Cc2ccccc2)[C@]1(O)[C@H](O)C(O)Cc1ccccc1. The Kier molecular flexibility index (Phi) is 5.89. The van der Waals surface area contributed by atoms with Gasteiger partial charge in [-0.1, -0.05) is 74.5 Å². The van der Waals surface area contributed by atoms with E-state index < -0.39 is 41.0 Å². The third kappa shape index (κ3) is 3.40. The van der Waals surface area contributed by atoms with Gasteiger partial charge in [-0.05, 0) is 11.1 Å². The lowest BCUT2D eigenvalue weighted by Crippen LogP contribution is -2.52. The third-order valence-electron chi connectivity index (χ3n) is 6.58. The molecule has 1 aliphatic rings. The zero-order valence-corrected chi connectivity index (χ0v) is 16.7. The van der Waals surface area contributed by atoms with Crippen LogP contribution in [-0.4, -0.2) is 66.3 Å². The van der Waals surface area contributed by atoms with E-state index in [1.54, 1.807) is 48.5 Å². The van der Waals surface area contributed by atoms with E-state index in [-0.39, 0.29) is 12.8 Å². The van der Waals surface area contributed by atoms with Crippen molar-refractivity contribution < 1.29 is 30.6 Å². The molecule has 1 aliphatic carbocycles. The Bertz CT molecular complexity index is 743. The van der Waals surface area contributed by atoms with E-state index in [1.807, 2.05) is 12.1 Å². The van der Waals surface area contributed by atoms with Gasteiger partial charge in [-0.2, -0.15) is 0 Å². The smallest absolute Gasteiger partial charge is 0.133 e. The first-order valence-corrected chi connectivity index (χ1v) is 9.82. The van der Waals surface area contributed by atoms with Crippen molar-refractivity contribution >= 4 is 0 Å². The van der Waals surface area contributed by atoms with Crippen LogP contribution in [0.5, 0.6) is 0 Å². The summed E-state index contributed by atoms with van der Waals surface area (Å²) in [7, 11) is 0. The van der Waals surface area contributed by atoms with Gasteiger partial charge in [0.05, 0.1) is 12.2 Å². The van der Waals surface area contributed by atoms with Crippen molar-refractivity contribution in [1.82, 2.24) is 0 Å². The van der Waals surface area contributed by atoms with Gasteiger partial charge in [0, 0.05) is 18.3 Å². The minimum Gasteiger partial charge on any atom is -0.390 e. The standard InChI is InChI=1S/C23H30O6/c1-21(2)22(28,19(26)17(24)13-15-9-5-3-6-10-15)23(21,29)20(27)18(25)14-16-11-7-4-8-12-16/h3-12,17-20,24-29H,13-14H2,1-2H3/t17?,18?,19-,20-,22+,23+/m1/s1. The third-order valence-corrected chi connectivity index (χ3v) is 6.58. The minimum absolute atomic E-state index is 0.0686. The average Bonchev–Trinajstić information content (AvgIpc) is 3.08. The molecule has 29 heavy (non-hydrogen) atoms. The molecule has 0 saturated heterocycles.